The van der Waals surface area contributed by atoms with Crippen LogP contribution in [0.1, 0.15) is 18.9 Å². The van der Waals surface area contributed by atoms with Crippen LogP contribution < -0.4 is 0 Å². The predicted octanol–water partition coefficient (Wildman–Crippen LogP) is 3.15. The van der Waals surface area contributed by atoms with Gasteiger partial charge in [-0.1, -0.05) is 37.3 Å². The molecule has 0 spiro atoms. The standard InChI is InChI=1S/C14H19NO2S/c1-2-18-13-8-9-15(10-13)14(16)17-11-12-6-4-3-5-7-12/h3-7,13H,2,8-11H2,1H3. The monoisotopic (exact) mass is 265 g/mol. The Kier molecular flexibility index (Phi) is 4.93. The van der Waals surface area contributed by atoms with Crippen LogP contribution in [0.25, 0.3) is 0 Å². The van der Waals surface area contributed by atoms with E-state index in [0.29, 0.717) is 11.9 Å². The Bertz CT molecular complexity index is 383. The fourth-order valence-electron chi connectivity index (χ4n) is 2.08. The lowest BCUT2D eigenvalue weighted by molar-refractivity contribution is 0.104. The number of likely N-dealkylation sites (tertiary alicyclic amines) is 1. The molecule has 1 aromatic rings. The lowest BCUT2D eigenvalue weighted by Gasteiger charge is -2.16. The van der Waals surface area contributed by atoms with E-state index in [1.165, 1.54) is 0 Å². The third-order valence-electron chi connectivity index (χ3n) is 3.01. The average molecular weight is 265 g/mol. The van der Waals surface area contributed by atoms with Crippen LogP contribution >= 0.6 is 11.8 Å². The molecule has 4 heteroatoms. The molecule has 0 aromatic heterocycles. The minimum atomic E-state index is -0.182. The number of benzene rings is 1. The van der Waals surface area contributed by atoms with Crippen LogP contribution in [0.4, 0.5) is 4.79 Å². The first-order chi connectivity index (χ1) is 8.79. The van der Waals surface area contributed by atoms with E-state index in [1.54, 1.807) is 0 Å². The van der Waals surface area contributed by atoms with E-state index < -0.39 is 0 Å². The van der Waals surface area contributed by atoms with Crippen LogP contribution in [-0.2, 0) is 11.3 Å². The number of amides is 1. The van der Waals surface area contributed by atoms with Gasteiger partial charge in [0.2, 0.25) is 0 Å². The van der Waals surface area contributed by atoms with Crippen molar-refractivity contribution in [3.8, 4) is 0 Å². The van der Waals surface area contributed by atoms with Crippen molar-refractivity contribution in [3.05, 3.63) is 35.9 Å². The number of carbonyl (C=O) groups is 1. The van der Waals surface area contributed by atoms with Crippen LogP contribution in [0.15, 0.2) is 30.3 Å². The zero-order valence-corrected chi connectivity index (χ0v) is 11.5. The number of thioether (sulfide) groups is 1. The number of ether oxygens (including phenoxy) is 1. The Hall–Kier alpha value is -1.16. The molecule has 1 amide bonds. The molecule has 3 nitrogen and oxygen atoms in total. The summed E-state index contributed by atoms with van der Waals surface area (Å²) in [5, 5.41) is 0.583. The second-order valence-electron chi connectivity index (χ2n) is 4.35. The van der Waals surface area contributed by atoms with Gasteiger partial charge in [0, 0.05) is 18.3 Å². The summed E-state index contributed by atoms with van der Waals surface area (Å²) in [6.45, 7) is 4.17. The van der Waals surface area contributed by atoms with E-state index in [-0.39, 0.29) is 6.09 Å². The van der Waals surface area contributed by atoms with Crippen molar-refractivity contribution < 1.29 is 9.53 Å². The molecular weight excluding hydrogens is 246 g/mol. The Labute approximate surface area is 113 Å². The third kappa shape index (κ3) is 3.67. The van der Waals surface area contributed by atoms with Crippen molar-refractivity contribution in [2.24, 2.45) is 0 Å². The second-order valence-corrected chi connectivity index (χ2v) is 5.93. The Balaban J connectivity index is 1.76. The molecule has 2 rings (SSSR count). The second kappa shape index (κ2) is 6.69. The number of hydrogen-bond donors (Lipinski definition) is 0. The molecule has 0 bridgehead atoms. The van der Waals surface area contributed by atoms with Gasteiger partial charge in [-0.15, -0.1) is 0 Å². The Morgan fingerprint density at radius 2 is 2.22 bits per heavy atom. The number of nitrogens with zero attached hydrogens (tertiary/aromatic N) is 1. The van der Waals surface area contributed by atoms with Gasteiger partial charge in [0.05, 0.1) is 0 Å². The van der Waals surface area contributed by atoms with Gasteiger partial charge < -0.3 is 9.64 Å². The predicted molar refractivity (Wildman–Crippen MR) is 74.7 cm³/mol. The summed E-state index contributed by atoms with van der Waals surface area (Å²) >= 11 is 1.93. The maximum Gasteiger partial charge on any atom is 0.410 e. The quantitative estimate of drug-likeness (QED) is 0.837. The maximum atomic E-state index is 11.9. The maximum absolute atomic E-state index is 11.9. The summed E-state index contributed by atoms with van der Waals surface area (Å²) in [7, 11) is 0. The number of rotatable bonds is 4. The summed E-state index contributed by atoms with van der Waals surface area (Å²) in [6, 6.07) is 9.79. The molecule has 0 radical (unpaired) electrons. The number of hydrogen-bond acceptors (Lipinski definition) is 3. The highest BCUT2D eigenvalue weighted by molar-refractivity contribution is 7.99. The van der Waals surface area contributed by atoms with Crippen LogP contribution in [0.5, 0.6) is 0 Å². The first-order valence-electron chi connectivity index (χ1n) is 6.37. The lowest BCUT2D eigenvalue weighted by atomic mass is 10.2. The van der Waals surface area contributed by atoms with Gasteiger partial charge in [-0.05, 0) is 17.7 Å². The lowest BCUT2D eigenvalue weighted by Crippen LogP contribution is -2.29. The van der Waals surface area contributed by atoms with Crippen LogP contribution in [0.2, 0.25) is 0 Å². The van der Waals surface area contributed by atoms with E-state index in [0.717, 1.165) is 30.8 Å². The van der Waals surface area contributed by atoms with E-state index in [2.05, 4.69) is 6.92 Å². The Morgan fingerprint density at radius 1 is 1.44 bits per heavy atom. The van der Waals surface area contributed by atoms with Gasteiger partial charge in [0.15, 0.2) is 0 Å². The topological polar surface area (TPSA) is 29.5 Å². The summed E-state index contributed by atoms with van der Waals surface area (Å²) < 4.78 is 5.32. The molecule has 98 valence electrons. The highest BCUT2D eigenvalue weighted by atomic mass is 32.2. The van der Waals surface area contributed by atoms with Gasteiger partial charge in [0.25, 0.3) is 0 Å². The minimum absolute atomic E-state index is 0.182. The Morgan fingerprint density at radius 3 is 2.94 bits per heavy atom. The van der Waals surface area contributed by atoms with Crippen molar-refractivity contribution in [2.45, 2.75) is 25.2 Å². The molecule has 1 aromatic carbocycles. The van der Waals surface area contributed by atoms with Crippen LogP contribution in [0, 0.1) is 0 Å². The van der Waals surface area contributed by atoms with Gasteiger partial charge in [0.1, 0.15) is 6.61 Å². The summed E-state index contributed by atoms with van der Waals surface area (Å²) in [4.78, 5) is 13.7. The first-order valence-corrected chi connectivity index (χ1v) is 7.41. The zero-order valence-electron chi connectivity index (χ0n) is 10.7. The minimum Gasteiger partial charge on any atom is -0.445 e. The normalized spacial score (nSPS) is 18.9. The zero-order chi connectivity index (χ0) is 12.8. The molecule has 1 aliphatic rings. The summed E-state index contributed by atoms with van der Waals surface area (Å²) in [5.41, 5.74) is 1.03. The average Bonchev–Trinajstić information content (AvgIpc) is 2.86. The van der Waals surface area contributed by atoms with Gasteiger partial charge in [-0.2, -0.15) is 11.8 Å². The van der Waals surface area contributed by atoms with E-state index >= 15 is 0 Å². The number of carbonyl (C=O) groups excluding carboxylic acids is 1. The molecule has 1 heterocycles. The van der Waals surface area contributed by atoms with E-state index in [1.807, 2.05) is 47.0 Å². The molecule has 0 saturated carbocycles. The SMILES string of the molecule is CCSC1CCN(C(=O)OCc2ccccc2)C1. The van der Waals surface area contributed by atoms with Crippen molar-refractivity contribution >= 4 is 17.9 Å². The molecule has 1 unspecified atom stereocenters. The first kappa shape index (κ1) is 13.3. The molecule has 1 saturated heterocycles. The van der Waals surface area contributed by atoms with Crippen molar-refractivity contribution in [1.29, 1.82) is 0 Å². The van der Waals surface area contributed by atoms with Crippen LogP contribution in [-0.4, -0.2) is 35.1 Å². The highest BCUT2D eigenvalue weighted by Crippen LogP contribution is 2.22. The molecule has 0 aliphatic carbocycles. The molecule has 18 heavy (non-hydrogen) atoms. The highest BCUT2D eigenvalue weighted by Gasteiger charge is 2.26. The van der Waals surface area contributed by atoms with Gasteiger partial charge in [-0.3, -0.25) is 0 Å². The van der Waals surface area contributed by atoms with E-state index in [4.69, 9.17) is 4.74 Å². The molecule has 0 N–H and O–H groups in total. The third-order valence-corrected chi connectivity index (χ3v) is 4.20. The fraction of sp³-hybridized carbons (Fsp3) is 0.500. The van der Waals surface area contributed by atoms with Gasteiger partial charge in [-0.25, -0.2) is 4.79 Å². The van der Waals surface area contributed by atoms with E-state index in [9.17, 15) is 4.79 Å². The van der Waals surface area contributed by atoms with Crippen molar-refractivity contribution in [2.75, 3.05) is 18.8 Å². The van der Waals surface area contributed by atoms with Gasteiger partial charge >= 0.3 is 6.09 Å². The van der Waals surface area contributed by atoms with Crippen LogP contribution in [0.3, 0.4) is 0 Å². The molecular formula is C14H19NO2S. The molecule has 1 atom stereocenters. The summed E-state index contributed by atoms with van der Waals surface area (Å²) in [5.74, 6) is 1.11. The smallest absolute Gasteiger partial charge is 0.410 e. The summed E-state index contributed by atoms with van der Waals surface area (Å²) in [6.07, 6.45) is 0.900. The molecule has 1 aliphatic heterocycles. The largest absolute Gasteiger partial charge is 0.445 e. The molecule has 1 fully saturated rings. The van der Waals surface area contributed by atoms with Crippen molar-refractivity contribution in [1.82, 2.24) is 4.90 Å². The van der Waals surface area contributed by atoms with Crippen molar-refractivity contribution in [3.63, 3.8) is 0 Å². The fourth-order valence-corrected chi connectivity index (χ4v) is 3.11.